The SMILES string of the molecule is CC(C)(C)OC(=O)C(=O)N=c1ccn(-c2ccccc2)nc1. The van der Waals surface area contributed by atoms with Gasteiger partial charge in [-0.3, -0.25) is 4.79 Å². The van der Waals surface area contributed by atoms with Crippen LogP contribution >= 0.6 is 0 Å². The van der Waals surface area contributed by atoms with Crippen LogP contribution in [-0.4, -0.2) is 27.3 Å². The Morgan fingerprint density at radius 3 is 2.36 bits per heavy atom. The Hall–Kier alpha value is -2.76. The van der Waals surface area contributed by atoms with Crippen LogP contribution in [-0.2, 0) is 14.3 Å². The Balaban J connectivity index is 2.16. The van der Waals surface area contributed by atoms with Crippen LogP contribution in [0.2, 0.25) is 0 Å². The van der Waals surface area contributed by atoms with Crippen LogP contribution in [0.25, 0.3) is 5.69 Å². The number of ether oxygens (including phenoxy) is 1. The van der Waals surface area contributed by atoms with Gasteiger partial charge < -0.3 is 4.74 Å². The van der Waals surface area contributed by atoms with E-state index in [9.17, 15) is 9.59 Å². The van der Waals surface area contributed by atoms with Crippen LogP contribution in [0.15, 0.2) is 53.8 Å². The van der Waals surface area contributed by atoms with E-state index < -0.39 is 17.5 Å². The molecule has 2 aromatic rings. The second kappa shape index (κ2) is 6.34. The fraction of sp³-hybridized carbons (Fsp3) is 0.250. The van der Waals surface area contributed by atoms with E-state index in [4.69, 9.17) is 4.74 Å². The number of carbonyl (C=O) groups is 2. The van der Waals surface area contributed by atoms with Crippen molar-refractivity contribution in [2.24, 2.45) is 4.99 Å². The van der Waals surface area contributed by atoms with Crippen LogP contribution in [0, 0.1) is 0 Å². The number of hydrogen-bond acceptors (Lipinski definition) is 4. The van der Waals surface area contributed by atoms with Crippen molar-refractivity contribution in [2.45, 2.75) is 26.4 Å². The highest BCUT2D eigenvalue weighted by atomic mass is 16.6. The molecular formula is C16H17N3O3. The van der Waals surface area contributed by atoms with Crippen LogP contribution in [0.5, 0.6) is 0 Å². The van der Waals surface area contributed by atoms with Gasteiger partial charge >= 0.3 is 11.9 Å². The van der Waals surface area contributed by atoms with Crippen molar-refractivity contribution in [3.05, 3.63) is 54.1 Å². The lowest BCUT2D eigenvalue weighted by Gasteiger charge is -2.17. The molecule has 1 heterocycles. The third-order valence-corrected chi connectivity index (χ3v) is 2.53. The first-order chi connectivity index (χ1) is 10.3. The summed E-state index contributed by atoms with van der Waals surface area (Å²) >= 11 is 0. The first-order valence-corrected chi connectivity index (χ1v) is 6.78. The zero-order chi connectivity index (χ0) is 16.2. The molecular weight excluding hydrogens is 282 g/mol. The number of aromatic nitrogens is 2. The second-order valence-electron chi connectivity index (χ2n) is 5.58. The molecule has 0 aliphatic carbocycles. The largest absolute Gasteiger partial charge is 0.453 e. The van der Waals surface area contributed by atoms with E-state index in [0.717, 1.165) is 5.69 Å². The highest BCUT2D eigenvalue weighted by molar-refractivity contribution is 6.33. The Kier molecular flexibility index (Phi) is 4.50. The van der Waals surface area contributed by atoms with Gasteiger partial charge in [0, 0.05) is 6.20 Å². The number of para-hydroxylation sites is 1. The first kappa shape index (κ1) is 15.6. The molecule has 0 bridgehead atoms. The van der Waals surface area contributed by atoms with Crippen molar-refractivity contribution in [3.63, 3.8) is 0 Å². The maximum Gasteiger partial charge on any atom is 0.399 e. The maximum atomic E-state index is 11.7. The summed E-state index contributed by atoms with van der Waals surface area (Å²) in [5.74, 6) is -1.93. The van der Waals surface area contributed by atoms with Crippen molar-refractivity contribution in [2.75, 3.05) is 0 Å². The number of carbonyl (C=O) groups excluding carboxylic acids is 2. The standard InChI is InChI=1S/C16H17N3O3/c1-16(2,3)22-15(21)14(20)18-12-9-10-19(17-11-12)13-7-5-4-6-8-13/h4-11H,1-3H3. The first-order valence-electron chi connectivity index (χ1n) is 6.78. The lowest BCUT2D eigenvalue weighted by Crippen LogP contribution is -2.29. The molecule has 1 aromatic heterocycles. The molecule has 22 heavy (non-hydrogen) atoms. The summed E-state index contributed by atoms with van der Waals surface area (Å²) in [7, 11) is 0. The lowest BCUT2D eigenvalue weighted by atomic mass is 10.2. The molecule has 6 heteroatoms. The average Bonchev–Trinajstić information content (AvgIpc) is 2.47. The van der Waals surface area contributed by atoms with Crippen molar-refractivity contribution in [1.29, 1.82) is 0 Å². The zero-order valence-corrected chi connectivity index (χ0v) is 12.7. The Morgan fingerprint density at radius 1 is 1.14 bits per heavy atom. The van der Waals surface area contributed by atoms with Gasteiger partial charge in [-0.15, -0.1) is 0 Å². The van der Waals surface area contributed by atoms with E-state index in [1.807, 2.05) is 30.3 Å². The number of hydrogen-bond donors (Lipinski definition) is 0. The molecule has 0 atom stereocenters. The van der Waals surface area contributed by atoms with E-state index in [0.29, 0.717) is 5.36 Å². The minimum Gasteiger partial charge on any atom is -0.453 e. The van der Waals surface area contributed by atoms with Gasteiger partial charge in [0.15, 0.2) is 0 Å². The van der Waals surface area contributed by atoms with Crippen molar-refractivity contribution >= 4 is 11.9 Å². The number of esters is 1. The molecule has 0 N–H and O–H groups in total. The highest BCUT2D eigenvalue weighted by Gasteiger charge is 2.22. The quantitative estimate of drug-likeness (QED) is 0.592. The molecule has 6 nitrogen and oxygen atoms in total. The van der Waals surface area contributed by atoms with E-state index in [1.54, 1.807) is 37.7 Å². The minimum atomic E-state index is -0.979. The zero-order valence-electron chi connectivity index (χ0n) is 12.7. The van der Waals surface area contributed by atoms with Crippen LogP contribution < -0.4 is 5.36 Å². The smallest absolute Gasteiger partial charge is 0.399 e. The van der Waals surface area contributed by atoms with Gasteiger partial charge in [-0.05, 0) is 39.0 Å². The molecule has 0 saturated heterocycles. The summed E-state index contributed by atoms with van der Waals surface area (Å²) in [6, 6.07) is 11.1. The summed E-state index contributed by atoms with van der Waals surface area (Å²) in [6.07, 6.45) is 3.08. The molecule has 0 unspecified atom stereocenters. The topological polar surface area (TPSA) is 73.6 Å². The van der Waals surface area contributed by atoms with Crippen molar-refractivity contribution in [3.8, 4) is 5.69 Å². The fourth-order valence-electron chi connectivity index (χ4n) is 1.63. The minimum absolute atomic E-state index is 0.294. The monoisotopic (exact) mass is 299 g/mol. The second-order valence-corrected chi connectivity index (χ2v) is 5.58. The van der Waals surface area contributed by atoms with Crippen LogP contribution in [0.4, 0.5) is 0 Å². The van der Waals surface area contributed by atoms with E-state index in [2.05, 4.69) is 10.1 Å². The number of rotatable bonds is 1. The highest BCUT2D eigenvalue weighted by Crippen LogP contribution is 2.07. The maximum absolute atomic E-state index is 11.7. The summed E-state index contributed by atoms with van der Waals surface area (Å²) in [5, 5.41) is 4.45. The molecule has 0 fully saturated rings. The van der Waals surface area contributed by atoms with Crippen molar-refractivity contribution < 1.29 is 14.3 Å². The molecule has 114 valence electrons. The molecule has 0 saturated carbocycles. The van der Waals surface area contributed by atoms with Gasteiger partial charge in [0.05, 0.1) is 17.2 Å². The molecule has 0 radical (unpaired) electrons. The van der Waals surface area contributed by atoms with Gasteiger partial charge in [0.2, 0.25) is 0 Å². The van der Waals surface area contributed by atoms with E-state index in [1.165, 1.54) is 6.20 Å². The van der Waals surface area contributed by atoms with Gasteiger partial charge in [-0.2, -0.15) is 5.10 Å². The summed E-state index contributed by atoms with van der Waals surface area (Å²) in [6.45, 7) is 5.06. The van der Waals surface area contributed by atoms with Crippen LogP contribution in [0.1, 0.15) is 20.8 Å². The predicted octanol–water partition coefficient (Wildman–Crippen LogP) is 1.64. The molecule has 0 aliphatic rings. The molecule has 0 spiro atoms. The molecule has 1 aromatic carbocycles. The lowest BCUT2D eigenvalue weighted by molar-refractivity contribution is -0.162. The van der Waals surface area contributed by atoms with Gasteiger partial charge in [-0.25, -0.2) is 14.5 Å². The normalized spacial score (nSPS) is 12.0. The number of nitrogens with zero attached hydrogens (tertiary/aromatic N) is 3. The Labute approximate surface area is 128 Å². The number of amides is 1. The van der Waals surface area contributed by atoms with Gasteiger partial charge in [0.1, 0.15) is 5.60 Å². The molecule has 2 rings (SSSR count). The third kappa shape index (κ3) is 4.37. The van der Waals surface area contributed by atoms with E-state index >= 15 is 0 Å². The third-order valence-electron chi connectivity index (χ3n) is 2.53. The predicted molar refractivity (Wildman–Crippen MR) is 80.0 cm³/mol. The van der Waals surface area contributed by atoms with Crippen LogP contribution in [0.3, 0.4) is 0 Å². The molecule has 1 amide bonds. The van der Waals surface area contributed by atoms with Gasteiger partial charge in [-0.1, -0.05) is 18.2 Å². The number of benzene rings is 1. The van der Waals surface area contributed by atoms with Gasteiger partial charge in [0.25, 0.3) is 0 Å². The Morgan fingerprint density at radius 2 is 1.82 bits per heavy atom. The summed E-state index contributed by atoms with van der Waals surface area (Å²) < 4.78 is 6.59. The molecule has 0 aliphatic heterocycles. The average molecular weight is 299 g/mol. The summed E-state index contributed by atoms with van der Waals surface area (Å²) in [4.78, 5) is 26.9. The van der Waals surface area contributed by atoms with Crippen molar-refractivity contribution in [1.82, 2.24) is 9.78 Å². The summed E-state index contributed by atoms with van der Waals surface area (Å²) in [5.41, 5.74) is 0.153. The fourth-order valence-corrected chi connectivity index (χ4v) is 1.63. The van der Waals surface area contributed by atoms with E-state index in [-0.39, 0.29) is 0 Å². The Bertz CT molecular complexity index is 723.